The van der Waals surface area contributed by atoms with Crippen molar-refractivity contribution in [1.29, 1.82) is 0 Å². The van der Waals surface area contributed by atoms with Crippen molar-refractivity contribution in [2.75, 3.05) is 11.4 Å². The van der Waals surface area contributed by atoms with Gasteiger partial charge in [-0.15, -0.1) is 11.6 Å². The van der Waals surface area contributed by atoms with Gasteiger partial charge in [-0.3, -0.25) is 0 Å². The zero-order valence-corrected chi connectivity index (χ0v) is 11.8. The van der Waals surface area contributed by atoms with Crippen LogP contribution < -0.4 is 4.90 Å². The first-order chi connectivity index (χ1) is 9.29. The Morgan fingerprint density at radius 1 is 1.32 bits per heavy atom. The fraction of sp³-hybridized carbons (Fsp3) is 0.312. The average Bonchev–Trinajstić information content (AvgIpc) is 2.46. The number of rotatable bonds is 2. The molecule has 0 saturated carbocycles. The standard InChI is InChI=1S/C16H17ClN2/c1-12-9-16(18-11-14(12)10-17)19-8-4-6-13-5-2-3-7-15(13)19/h2-3,5,7,9,11H,4,6,8,10H2,1H3. The highest BCUT2D eigenvalue weighted by atomic mass is 35.5. The lowest BCUT2D eigenvalue weighted by Crippen LogP contribution is -2.25. The van der Waals surface area contributed by atoms with Gasteiger partial charge in [0.1, 0.15) is 5.82 Å². The van der Waals surface area contributed by atoms with Gasteiger partial charge in [0.2, 0.25) is 0 Å². The number of benzene rings is 1. The number of aromatic nitrogens is 1. The summed E-state index contributed by atoms with van der Waals surface area (Å²) >= 11 is 5.90. The molecule has 0 radical (unpaired) electrons. The number of pyridine rings is 1. The van der Waals surface area contributed by atoms with Crippen LogP contribution in [0.4, 0.5) is 11.5 Å². The molecule has 0 amide bonds. The Bertz CT molecular complexity index is 595. The van der Waals surface area contributed by atoms with E-state index in [1.165, 1.54) is 23.2 Å². The van der Waals surface area contributed by atoms with Crippen molar-refractivity contribution in [3.05, 3.63) is 53.2 Å². The maximum atomic E-state index is 5.90. The first kappa shape index (κ1) is 12.5. The second-order valence-electron chi connectivity index (χ2n) is 4.99. The van der Waals surface area contributed by atoms with Crippen LogP contribution in [0.1, 0.15) is 23.1 Å². The van der Waals surface area contributed by atoms with Crippen molar-refractivity contribution in [1.82, 2.24) is 4.98 Å². The second kappa shape index (κ2) is 5.22. The molecule has 0 bridgehead atoms. The summed E-state index contributed by atoms with van der Waals surface area (Å²) in [6.45, 7) is 3.13. The Balaban J connectivity index is 2.02. The third-order valence-electron chi connectivity index (χ3n) is 3.74. The predicted octanol–water partition coefficient (Wildman–Crippen LogP) is 4.21. The molecule has 19 heavy (non-hydrogen) atoms. The van der Waals surface area contributed by atoms with Gasteiger partial charge in [-0.2, -0.15) is 0 Å². The van der Waals surface area contributed by atoms with Crippen LogP contribution >= 0.6 is 11.6 Å². The molecule has 2 nitrogen and oxygen atoms in total. The van der Waals surface area contributed by atoms with Crippen molar-refractivity contribution < 1.29 is 0 Å². The molecule has 0 fully saturated rings. The highest BCUT2D eigenvalue weighted by Crippen LogP contribution is 2.32. The number of hydrogen-bond acceptors (Lipinski definition) is 2. The molecule has 1 aromatic carbocycles. The largest absolute Gasteiger partial charge is 0.326 e. The molecule has 1 aliphatic rings. The number of alkyl halides is 1. The summed E-state index contributed by atoms with van der Waals surface area (Å²) in [5.74, 6) is 1.55. The summed E-state index contributed by atoms with van der Waals surface area (Å²) < 4.78 is 0. The molecular formula is C16H17ClN2. The normalized spacial score (nSPS) is 14.3. The molecule has 98 valence electrons. The molecule has 0 spiro atoms. The number of nitrogens with zero attached hydrogens (tertiary/aromatic N) is 2. The van der Waals surface area contributed by atoms with E-state index in [9.17, 15) is 0 Å². The van der Waals surface area contributed by atoms with Crippen LogP contribution in [0.15, 0.2) is 36.5 Å². The van der Waals surface area contributed by atoms with Crippen molar-refractivity contribution in [2.45, 2.75) is 25.6 Å². The van der Waals surface area contributed by atoms with Gasteiger partial charge in [0.15, 0.2) is 0 Å². The fourth-order valence-corrected chi connectivity index (χ4v) is 2.91. The number of hydrogen-bond donors (Lipinski definition) is 0. The Morgan fingerprint density at radius 2 is 2.16 bits per heavy atom. The topological polar surface area (TPSA) is 16.1 Å². The number of fused-ring (bicyclic) bond motifs is 1. The Morgan fingerprint density at radius 3 is 2.95 bits per heavy atom. The van der Waals surface area contributed by atoms with Crippen LogP contribution in [0.3, 0.4) is 0 Å². The van der Waals surface area contributed by atoms with Gasteiger partial charge < -0.3 is 4.90 Å². The first-order valence-electron chi connectivity index (χ1n) is 6.66. The first-order valence-corrected chi connectivity index (χ1v) is 7.20. The minimum atomic E-state index is 0.524. The van der Waals surface area contributed by atoms with E-state index in [4.69, 9.17) is 11.6 Å². The van der Waals surface area contributed by atoms with Crippen molar-refractivity contribution in [3.63, 3.8) is 0 Å². The van der Waals surface area contributed by atoms with Crippen LogP contribution in [0.2, 0.25) is 0 Å². The van der Waals surface area contributed by atoms with Crippen molar-refractivity contribution in [2.24, 2.45) is 0 Å². The molecule has 2 heterocycles. The van der Waals surface area contributed by atoms with Crippen LogP contribution in [0.25, 0.3) is 0 Å². The molecule has 1 aliphatic heterocycles. The van der Waals surface area contributed by atoms with Gasteiger partial charge in [-0.1, -0.05) is 18.2 Å². The Hall–Kier alpha value is -1.54. The van der Waals surface area contributed by atoms with Crippen molar-refractivity contribution >= 4 is 23.1 Å². The van der Waals surface area contributed by atoms with Gasteiger partial charge >= 0.3 is 0 Å². The number of anilines is 2. The van der Waals surface area contributed by atoms with Crippen LogP contribution in [0, 0.1) is 6.92 Å². The Labute approximate surface area is 119 Å². The summed E-state index contributed by atoms with van der Waals surface area (Å²) in [6.07, 6.45) is 4.23. The van der Waals surface area contributed by atoms with E-state index < -0.39 is 0 Å². The van der Waals surface area contributed by atoms with Crippen LogP contribution in [0.5, 0.6) is 0 Å². The molecule has 0 aliphatic carbocycles. The number of halogens is 1. The van der Waals surface area contributed by atoms with Crippen LogP contribution in [-0.2, 0) is 12.3 Å². The lowest BCUT2D eigenvalue weighted by Gasteiger charge is -2.30. The molecule has 1 aromatic heterocycles. The molecule has 0 unspecified atom stereocenters. The van der Waals surface area contributed by atoms with Gasteiger partial charge in [-0.05, 0) is 48.6 Å². The van der Waals surface area contributed by atoms with E-state index in [2.05, 4.69) is 47.1 Å². The molecule has 3 rings (SSSR count). The van der Waals surface area contributed by atoms with E-state index in [-0.39, 0.29) is 0 Å². The molecule has 0 saturated heterocycles. The van der Waals surface area contributed by atoms with E-state index in [0.29, 0.717) is 5.88 Å². The number of para-hydroxylation sites is 1. The average molecular weight is 273 g/mol. The monoisotopic (exact) mass is 272 g/mol. The number of aryl methyl sites for hydroxylation is 2. The maximum absolute atomic E-state index is 5.90. The smallest absolute Gasteiger partial charge is 0.133 e. The van der Waals surface area contributed by atoms with Gasteiger partial charge in [0.05, 0.1) is 0 Å². The molecular weight excluding hydrogens is 256 g/mol. The van der Waals surface area contributed by atoms with Crippen molar-refractivity contribution in [3.8, 4) is 0 Å². The zero-order chi connectivity index (χ0) is 13.2. The Kier molecular flexibility index (Phi) is 3.43. The fourth-order valence-electron chi connectivity index (χ4n) is 2.63. The molecule has 0 N–H and O–H groups in total. The summed E-state index contributed by atoms with van der Waals surface area (Å²) in [5, 5.41) is 0. The zero-order valence-electron chi connectivity index (χ0n) is 11.1. The van der Waals surface area contributed by atoms with E-state index in [1.54, 1.807) is 0 Å². The second-order valence-corrected chi connectivity index (χ2v) is 5.25. The lowest BCUT2D eigenvalue weighted by molar-refractivity contribution is 0.759. The minimum absolute atomic E-state index is 0.524. The molecule has 2 aromatic rings. The quantitative estimate of drug-likeness (QED) is 0.761. The van der Waals surface area contributed by atoms with Gasteiger partial charge in [0.25, 0.3) is 0 Å². The minimum Gasteiger partial charge on any atom is -0.326 e. The molecule has 0 atom stereocenters. The third kappa shape index (κ3) is 2.33. The lowest BCUT2D eigenvalue weighted by atomic mass is 10.0. The van der Waals surface area contributed by atoms with E-state index >= 15 is 0 Å². The van der Waals surface area contributed by atoms with Crippen LogP contribution in [-0.4, -0.2) is 11.5 Å². The highest BCUT2D eigenvalue weighted by molar-refractivity contribution is 6.17. The highest BCUT2D eigenvalue weighted by Gasteiger charge is 2.18. The van der Waals surface area contributed by atoms with Gasteiger partial charge in [0, 0.05) is 24.3 Å². The summed E-state index contributed by atoms with van der Waals surface area (Å²) in [5.41, 5.74) is 5.02. The maximum Gasteiger partial charge on any atom is 0.133 e. The molecule has 3 heteroatoms. The summed E-state index contributed by atoms with van der Waals surface area (Å²) in [7, 11) is 0. The summed E-state index contributed by atoms with van der Waals surface area (Å²) in [4.78, 5) is 6.88. The van der Waals surface area contributed by atoms with E-state index in [0.717, 1.165) is 24.3 Å². The predicted molar refractivity (Wildman–Crippen MR) is 80.3 cm³/mol. The third-order valence-corrected chi connectivity index (χ3v) is 4.02. The SMILES string of the molecule is Cc1cc(N2CCCc3ccccc32)ncc1CCl. The summed E-state index contributed by atoms with van der Waals surface area (Å²) in [6, 6.07) is 10.7. The van der Waals surface area contributed by atoms with E-state index in [1.807, 2.05) is 6.20 Å². The van der Waals surface area contributed by atoms with Gasteiger partial charge in [-0.25, -0.2) is 4.98 Å².